The number of hydrogen-bond donors (Lipinski definition) is 2. The number of aryl methyl sites for hydroxylation is 1. The molecule has 0 saturated heterocycles. The van der Waals surface area contributed by atoms with Crippen LogP contribution in [0, 0.1) is 6.92 Å². The molecule has 1 aliphatic rings. The second kappa shape index (κ2) is 6.38. The highest BCUT2D eigenvalue weighted by atomic mass is 16.5. The summed E-state index contributed by atoms with van der Waals surface area (Å²) in [6, 6.07) is 1.38. The van der Waals surface area contributed by atoms with Crippen LogP contribution in [-0.2, 0) is 4.79 Å². The minimum atomic E-state index is -0.929. The number of aliphatic carboxylic acids is 1. The summed E-state index contributed by atoms with van der Waals surface area (Å²) in [4.78, 5) is 32.5. The van der Waals surface area contributed by atoms with Crippen molar-refractivity contribution in [1.82, 2.24) is 14.9 Å². The number of carboxylic acids is 1. The van der Waals surface area contributed by atoms with Gasteiger partial charge in [0, 0.05) is 24.3 Å². The van der Waals surface area contributed by atoms with Crippen molar-refractivity contribution in [2.75, 3.05) is 19.0 Å². The standard InChI is InChI=1S/C13H18N4O4/c1-8-7-10(21-2)15-12(14-8)16-13(20)17(9-3-4-9)6-5-11(18)19/h7,9H,3-6H2,1-2H3,(H,18,19)(H,14,15,16,20). The molecule has 21 heavy (non-hydrogen) atoms. The van der Waals surface area contributed by atoms with Crippen LogP contribution in [0.5, 0.6) is 5.88 Å². The van der Waals surface area contributed by atoms with Gasteiger partial charge in [0.1, 0.15) is 0 Å². The molecule has 1 fully saturated rings. The molecule has 1 heterocycles. The zero-order valence-electron chi connectivity index (χ0n) is 12.0. The van der Waals surface area contributed by atoms with Crippen LogP contribution in [0.25, 0.3) is 0 Å². The van der Waals surface area contributed by atoms with E-state index in [4.69, 9.17) is 9.84 Å². The van der Waals surface area contributed by atoms with Crippen molar-refractivity contribution in [2.24, 2.45) is 0 Å². The Labute approximate surface area is 122 Å². The van der Waals surface area contributed by atoms with Gasteiger partial charge < -0.3 is 14.7 Å². The maximum Gasteiger partial charge on any atom is 0.324 e. The van der Waals surface area contributed by atoms with Crippen LogP contribution in [0.2, 0.25) is 0 Å². The second-order valence-corrected chi connectivity index (χ2v) is 4.87. The van der Waals surface area contributed by atoms with Gasteiger partial charge in [-0.1, -0.05) is 0 Å². The molecule has 2 N–H and O–H groups in total. The van der Waals surface area contributed by atoms with Crippen LogP contribution in [0.4, 0.5) is 10.7 Å². The third-order valence-electron chi connectivity index (χ3n) is 3.07. The molecule has 2 amide bonds. The highest BCUT2D eigenvalue weighted by Gasteiger charge is 2.33. The van der Waals surface area contributed by atoms with Gasteiger partial charge in [-0.25, -0.2) is 9.78 Å². The maximum absolute atomic E-state index is 12.2. The smallest absolute Gasteiger partial charge is 0.324 e. The number of nitrogens with zero attached hydrogens (tertiary/aromatic N) is 3. The predicted molar refractivity (Wildman–Crippen MR) is 74.3 cm³/mol. The van der Waals surface area contributed by atoms with Gasteiger partial charge in [0.15, 0.2) is 0 Å². The molecule has 1 aromatic rings. The molecule has 8 nitrogen and oxygen atoms in total. The molecule has 0 unspecified atom stereocenters. The first-order valence-electron chi connectivity index (χ1n) is 6.68. The summed E-state index contributed by atoms with van der Waals surface area (Å²) in [5, 5.41) is 11.3. The van der Waals surface area contributed by atoms with Crippen molar-refractivity contribution in [3.8, 4) is 5.88 Å². The van der Waals surface area contributed by atoms with Gasteiger partial charge in [-0.05, 0) is 19.8 Å². The zero-order valence-corrected chi connectivity index (χ0v) is 12.0. The molecule has 2 rings (SSSR count). The van der Waals surface area contributed by atoms with Crippen LogP contribution >= 0.6 is 0 Å². The van der Waals surface area contributed by atoms with Crippen molar-refractivity contribution >= 4 is 17.9 Å². The molecule has 114 valence electrons. The molecule has 0 aromatic carbocycles. The lowest BCUT2D eigenvalue weighted by molar-refractivity contribution is -0.137. The van der Waals surface area contributed by atoms with Gasteiger partial charge in [0.2, 0.25) is 11.8 Å². The summed E-state index contributed by atoms with van der Waals surface area (Å²) in [7, 11) is 1.48. The maximum atomic E-state index is 12.2. The molecule has 1 saturated carbocycles. The second-order valence-electron chi connectivity index (χ2n) is 4.87. The molecule has 1 aromatic heterocycles. The minimum absolute atomic E-state index is 0.0814. The number of rotatable bonds is 6. The van der Waals surface area contributed by atoms with Crippen molar-refractivity contribution < 1.29 is 19.4 Å². The Morgan fingerprint density at radius 2 is 2.19 bits per heavy atom. The Morgan fingerprint density at radius 3 is 2.76 bits per heavy atom. The fourth-order valence-electron chi connectivity index (χ4n) is 1.92. The molecular formula is C13H18N4O4. The number of urea groups is 1. The van der Waals surface area contributed by atoms with Crippen LogP contribution < -0.4 is 10.1 Å². The number of carboxylic acid groups (broad SMARTS) is 1. The summed E-state index contributed by atoms with van der Waals surface area (Å²) in [5.41, 5.74) is 0.667. The Bertz CT molecular complexity index is 545. The molecule has 0 atom stereocenters. The summed E-state index contributed by atoms with van der Waals surface area (Å²) in [5.74, 6) is -0.416. The van der Waals surface area contributed by atoms with Crippen molar-refractivity contribution in [2.45, 2.75) is 32.2 Å². The van der Waals surface area contributed by atoms with E-state index in [9.17, 15) is 9.59 Å². The fourth-order valence-corrected chi connectivity index (χ4v) is 1.92. The average Bonchev–Trinajstić information content (AvgIpc) is 3.22. The topological polar surface area (TPSA) is 105 Å². The van der Waals surface area contributed by atoms with Crippen LogP contribution in [0.1, 0.15) is 25.0 Å². The number of carbonyl (C=O) groups excluding carboxylic acids is 1. The number of hydrogen-bond acceptors (Lipinski definition) is 5. The number of aromatic nitrogens is 2. The van der Waals surface area contributed by atoms with Crippen molar-refractivity contribution in [3.63, 3.8) is 0 Å². The zero-order chi connectivity index (χ0) is 15.4. The van der Waals surface area contributed by atoms with Crippen LogP contribution in [0.3, 0.4) is 0 Å². The highest BCUT2D eigenvalue weighted by molar-refractivity contribution is 5.88. The van der Waals surface area contributed by atoms with E-state index in [1.54, 1.807) is 13.0 Å². The number of methoxy groups -OCH3 is 1. The van der Waals surface area contributed by atoms with Gasteiger partial charge in [-0.3, -0.25) is 10.1 Å². The van der Waals surface area contributed by atoms with E-state index in [0.29, 0.717) is 11.6 Å². The Hall–Kier alpha value is -2.38. The molecule has 0 aliphatic heterocycles. The molecule has 0 radical (unpaired) electrons. The van der Waals surface area contributed by atoms with E-state index in [0.717, 1.165) is 12.8 Å². The van der Waals surface area contributed by atoms with Gasteiger partial charge in [0.25, 0.3) is 0 Å². The van der Waals surface area contributed by atoms with Gasteiger partial charge in [-0.2, -0.15) is 4.98 Å². The fraction of sp³-hybridized carbons (Fsp3) is 0.538. The number of nitrogens with one attached hydrogen (secondary N) is 1. The van der Waals surface area contributed by atoms with Gasteiger partial charge in [0.05, 0.1) is 13.5 Å². The molecule has 0 bridgehead atoms. The SMILES string of the molecule is COc1cc(C)nc(NC(=O)N(CCC(=O)O)C2CC2)n1. The van der Waals surface area contributed by atoms with E-state index < -0.39 is 5.97 Å². The van der Waals surface area contributed by atoms with Crippen LogP contribution in [-0.4, -0.2) is 51.7 Å². The normalized spacial score (nSPS) is 13.6. The Balaban J connectivity index is 2.04. The Morgan fingerprint density at radius 1 is 1.48 bits per heavy atom. The monoisotopic (exact) mass is 294 g/mol. The first-order chi connectivity index (χ1) is 9.99. The third-order valence-corrected chi connectivity index (χ3v) is 3.07. The first kappa shape index (κ1) is 15.0. The van der Waals surface area contributed by atoms with Gasteiger partial charge in [-0.15, -0.1) is 0 Å². The van der Waals surface area contributed by atoms with Crippen molar-refractivity contribution in [1.29, 1.82) is 0 Å². The van der Waals surface area contributed by atoms with Crippen LogP contribution in [0.15, 0.2) is 6.07 Å². The lowest BCUT2D eigenvalue weighted by Gasteiger charge is -2.21. The van der Waals surface area contributed by atoms with E-state index >= 15 is 0 Å². The lowest BCUT2D eigenvalue weighted by Crippen LogP contribution is -2.38. The highest BCUT2D eigenvalue weighted by Crippen LogP contribution is 2.27. The summed E-state index contributed by atoms with van der Waals surface area (Å²) in [6.45, 7) is 1.94. The van der Waals surface area contributed by atoms with E-state index in [-0.39, 0.29) is 31.0 Å². The first-order valence-corrected chi connectivity index (χ1v) is 6.68. The molecule has 8 heteroatoms. The summed E-state index contributed by atoms with van der Waals surface area (Å²) < 4.78 is 5.02. The number of anilines is 1. The third kappa shape index (κ3) is 4.30. The Kier molecular flexibility index (Phi) is 4.56. The molecule has 0 spiro atoms. The average molecular weight is 294 g/mol. The summed E-state index contributed by atoms with van der Waals surface area (Å²) >= 11 is 0. The largest absolute Gasteiger partial charge is 0.481 e. The van der Waals surface area contributed by atoms with E-state index in [1.807, 2.05) is 0 Å². The molecular weight excluding hydrogens is 276 g/mol. The van der Waals surface area contributed by atoms with E-state index in [2.05, 4.69) is 15.3 Å². The summed E-state index contributed by atoms with van der Waals surface area (Å²) in [6.07, 6.45) is 1.71. The van der Waals surface area contributed by atoms with Crippen molar-refractivity contribution in [3.05, 3.63) is 11.8 Å². The van der Waals surface area contributed by atoms with E-state index in [1.165, 1.54) is 12.0 Å². The number of amides is 2. The molecule has 1 aliphatic carbocycles. The van der Waals surface area contributed by atoms with Gasteiger partial charge >= 0.3 is 12.0 Å². The minimum Gasteiger partial charge on any atom is -0.481 e. The predicted octanol–water partition coefficient (Wildman–Crippen LogP) is 1.26. The number of ether oxygens (including phenoxy) is 1. The quantitative estimate of drug-likeness (QED) is 0.818. The lowest BCUT2D eigenvalue weighted by atomic mass is 10.4. The number of carbonyl (C=O) groups is 2.